The van der Waals surface area contributed by atoms with Gasteiger partial charge < -0.3 is 20.3 Å². The van der Waals surface area contributed by atoms with E-state index in [0.29, 0.717) is 25.4 Å². The number of benzene rings is 1. The Balaban J connectivity index is 1.53. The molecule has 2 N–H and O–H groups in total. The third kappa shape index (κ3) is 5.47. The van der Waals surface area contributed by atoms with Gasteiger partial charge in [0.15, 0.2) is 0 Å². The molecule has 0 bridgehead atoms. The summed E-state index contributed by atoms with van der Waals surface area (Å²) in [5.41, 5.74) is 3.15. The zero-order chi connectivity index (χ0) is 20.6. The first-order chi connectivity index (χ1) is 14.1. The minimum atomic E-state index is -0.243. The molecule has 154 valence electrons. The van der Waals surface area contributed by atoms with Gasteiger partial charge in [0, 0.05) is 24.8 Å². The number of pyridine rings is 1. The molecule has 1 aromatic carbocycles. The summed E-state index contributed by atoms with van der Waals surface area (Å²) in [6, 6.07) is 11.6. The highest BCUT2D eigenvalue weighted by Gasteiger charge is 2.23. The van der Waals surface area contributed by atoms with Crippen molar-refractivity contribution in [3.8, 4) is 0 Å². The number of nitrogens with one attached hydrogen (secondary N) is 2. The maximum absolute atomic E-state index is 12.5. The van der Waals surface area contributed by atoms with Crippen molar-refractivity contribution in [3.63, 3.8) is 0 Å². The third-order valence-corrected chi connectivity index (χ3v) is 5.03. The van der Waals surface area contributed by atoms with Gasteiger partial charge >= 0.3 is 6.09 Å². The molecule has 1 fully saturated rings. The number of rotatable bonds is 6. The van der Waals surface area contributed by atoms with E-state index >= 15 is 0 Å². The Morgan fingerprint density at radius 2 is 1.90 bits per heavy atom. The molecule has 7 nitrogen and oxygen atoms in total. The SMILES string of the molecule is CCOC(=O)N1CCC(Nc2ccc(C(=O)Nc3ccccc3CC)nc2)CC1. The number of amides is 2. The quantitative estimate of drug-likeness (QED) is 0.773. The number of hydrogen-bond acceptors (Lipinski definition) is 5. The van der Waals surface area contributed by atoms with Crippen LogP contribution >= 0.6 is 0 Å². The molecule has 0 aliphatic carbocycles. The maximum Gasteiger partial charge on any atom is 0.409 e. The number of nitrogens with zero attached hydrogens (tertiary/aromatic N) is 2. The Hall–Kier alpha value is -3.09. The fraction of sp³-hybridized carbons (Fsp3) is 0.409. The molecule has 0 atom stereocenters. The number of carbonyl (C=O) groups excluding carboxylic acids is 2. The van der Waals surface area contributed by atoms with Gasteiger partial charge in [-0.2, -0.15) is 0 Å². The van der Waals surface area contributed by atoms with Crippen LogP contribution < -0.4 is 10.6 Å². The van der Waals surface area contributed by atoms with Crippen molar-refractivity contribution < 1.29 is 14.3 Å². The molecule has 2 heterocycles. The number of carbonyl (C=O) groups is 2. The molecule has 3 rings (SSSR count). The van der Waals surface area contributed by atoms with E-state index in [1.807, 2.05) is 37.3 Å². The van der Waals surface area contributed by atoms with Crippen LogP contribution in [0.25, 0.3) is 0 Å². The lowest BCUT2D eigenvalue weighted by molar-refractivity contribution is 0.0982. The van der Waals surface area contributed by atoms with Crippen LogP contribution in [0, 0.1) is 0 Å². The molecule has 0 unspecified atom stereocenters. The zero-order valence-corrected chi connectivity index (χ0v) is 17.0. The van der Waals surface area contributed by atoms with Crippen LogP contribution in [-0.4, -0.2) is 47.6 Å². The molecule has 1 saturated heterocycles. The standard InChI is InChI=1S/C22H28N4O3/c1-3-16-7-5-6-8-19(16)25-21(27)20-10-9-18(15-23-20)24-17-11-13-26(14-12-17)22(28)29-4-2/h5-10,15,17,24H,3-4,11-14H2,1-2H3,(H,25,27). The van der Waals surface area contributed by atoms with Crippen LogP contribution in [0.3, 0.4) is 0 Å². The summed E-state index contributed by atoms with van der Waals surface area (Å²) in [7, 11) is 0. The molecule has 1 aromatic heterocycles. The summed E-state index contributed by atoms with van der Waals surface area (Å²) in [6.45, 7) is 5.60. The summed E-state index contributed by atoms with van der Waals surface area (Å²) >= 11 is 0. The highest BCUT2D eigenvalue weighted by Crippen LogP contribution is 2.19. The van der Waals surface area contributed by atoms with Crippen molar-refractivity contribution in [2.24, 2.45) is 0 Å². The lowest BCUT2D eigenvalue weighted by atomic mass is 10.1. The zero-order valence-electron chi connectivity index (χ0n) is 17.0. The summed E-state index contributed by atoms with van der Waals surface area (Å²) < 4.78 is 5.05. The number of anilines is 2. The Labute approximate surface area is 171 Å². The summed E-state index contributed by atoms with van der Waals surface area (Å²) in [6.07, 6.45) is 3.97. The third-order valence-electron chi connectivity index (χ3n) is 5.03. The lowest BCUT2D eigenvalue weighted by Gasteiger charge is -2.32. The minimum absolute atomic E-state index is 0.222. The summed E-state index contributed by atoms with van der Waals surface area (Å²) in [5.74, 6) is -0.222. The normalized spacial score (nSPS) is 14.3. The first-order valence-electron chi connectivity index (χ1n) is 10.1. The molecule has 0 radical (unpaired) electrons. The molecular formula is C22H28N4O3. The molecule has 2 amide bonds. The molecular weight excluding hydrogens is 368 g/mol. The van der Waals surface area contributed by atoms with E-state index < -0.39 is 0 Å². The van der Waals surface area contributed by atoms with Crippen molar-refractivity contribution in [1.29, 1.82) is 0 Å². The van der Waals surface area contributed by atoms with E-state index in [9.17, 15) is 9.59 Å². The fourth-order valence-electron chi connectivity index (χ4n) is 3.41. The van der Waals surface area contributed by atoms with Gasteiger partial charge in [-0.1, -0.05) is 25.1 Å². The number of ether oxygens (including phenoxy) is 1. The van der Waals surface area contributed by atoms with Crippen molar-refractivity contribution in [1.82, 2.24) is 9.88 Å². The van der Waals surface area contributed by atoms with Gasteiger partial charge in [0.1, 0.15) is 5.69 Å². The number of hydrogen-bond donors (Lipinski definition) is 2. The van der Waals surface area contributed by atoms with E-state index in [2.05, 4.69) is 22.5 Å². The van der Waals surface area contributed by atoms with Crippen LogP contribution in [0.15, 0.2) is 42.6 Å². The first kappa shape index (κ1) is 20.6. The average molecular weight is 396 g/mol. The van der Waals surface area contributed by atoms with Gasteiger partial charge in [-0.05, 0) is 49.9 Å². The monoisotopic (exact) mass is 396 g/mol. The molecule has 29 heavy (non-hydrogen) atoms. The Morgan fingerprint density at radius 3 is 2.55 bits per heavy atom. The fourth-order valence-corrected chi connectivity index (χ4v) is 3.41. The van der Waals surface area contributed by atoms with E-state index in [1.54, 1.807) is 17.2 Å². The molecule has 7 heteroatoms. The second-order valence-corrected chi connectivity index (χ2v) is 7.00. The van der Waals surface area contributed by atoms with E-state index in [-0.39, 0.29) is 18.0 Å². The van der Waals surface area contributed by atoms with Crippen molar-refractivity contribution in [2.45, 2.75) is 39.2 Å². The van der Waals surface area contributed by atoms with Crippen molar-refractivity contribution in [2.75, 3.05) is 30.3 Å². The van der Waals surface area contributed by atoms with E-state index in [0.717, 1.165) is 36.2 Å². The minimum Gasteiger partial charge on any atom is -0.450 e. The number of likely N-dealkylation sites (tertiary alicyclic amines) is 1. The summed E-state index contributed by atoms with van der Waals surface area (Å²) in [5, 5.41) is 6.37. The highest BCUT2D eigenvalue weighted by molar-refractivity contribution is 6.03. The Bertz CT molecular complexity index is 830. The van der Waals surface area contributed by atoms with Crippen molar-refractivity contribution in [3.05, 3.63) is 53.9 Å². The van der Waals surface area contributed by atoms with Gasteiger partial charge in [-0.15, -0.1) is 0 Å². The Kier molecular flexibility index (Phi) is 7.05. The maximum atomic E-state index is 12.5. The van der Waals surface area contributed by atoms with Gasteiger partial charge in [0.25, 0.3) is 5.91 Å². The molecule has 2 aromatic rings. The molecule has 1 aliphatic heterocycles. The lowest BCUT2D eigenvalue weighted by Crippen LogP contribution is -2.42. The smallest absolute Gasteiger partial charge is 0.409 e. The van der Waals surface area contributed by atoms with Crippen LogP contribution in [0.1, 0.15) is 42.7 Å². The topological polar surface area (TPSA) is 83.6 Å². The number of para-hydroxylation sites is 1. The summed E-state index contributed by atoms with van der Waals surface area (Å²) in [4.78, 5) is 30.3. The van der Waals surface area contributed by atoms with Gasteiger partial charge in [-0.3, -0.25) is 4.79 Å². The van der Waals surface area contributed by atoms with Gasteiger partial charge in [0.2, 0.25) is 0 Å². The van der Waals surface area contributed by atoms with Gasteiger partial charge in [0.05, 0.1) is 18.5 Å². The molecule has 0 saturated carbocycles. The van der Waals surface area contributed by atoms with Crippen LogP contribution in [0.2, 0.25) is 0 Å². The van der Waals surface area contributed by atoms with Crippen molar-refractivity contribution >= 4 is 23.4 Å². The second-order valence-electron chi connectivity index (χ2n) is 7.00. The van der Waals surface area contributed by atoms with Crippen LogP contribution in [-0.2, 0) is 11.2 Å². The predicted octanol–water partition coefficient (Wildman–Crippen LogP) is 3.93. The molecule has 1 aliphatic rings. The van der Waals surface area contributed by atoms with Crippen LogP contribution in [0.5, 0.6) is 0 Å². The number of piperidine rings is 1. The molecule has 0 spiro atoms. The van der Waals surface area contributed by atoms with E-state index in [4.69, 9.17) is 4.74 Å². The largest absolute Gasteiger partial charge is 0.450 e. The van der Waals surface area contributed by atoms with Crippen LogP contribution in [0.4, 0.5) is 16.2 Å². The Morgan fingerprint density at radius 1 is 1.14 bits per heavy atom. The average Bonchev–Trinajstić information content (AvgIpc) is 2.75. The second kappa shape index (κ2) is 9.91. The van der Waals surface area contributed by atoms with E-state index in [1.165, 1.54) is 0 Å². The number of aromatic nitrogens is 1. The number of aryl methyl sites for hydroxylation is 1. The first-order valence-corrected chi connectivity index (χ1v) is 10.1. The highest BCUT2D eigenvalue weighted by atomic mass is 16.6. The van der Waals surface area contributed by atoms with Gasteiger partial charge in [-0.25, -0.2) is 9.78 Å². The predicted molar refractivity (Wildman–Crippen MR) is 113 cm³/mol.